The van der Waals surface area contributed by atoms with Crippen molar-refractivity contribution in [1.82, 2.24) is 25.6 Å². The number of benzene rings is 2. The fourth-order valence-corrected chi connectivity index (χ4v) is 8.43. The summed E-state index contributed by atoms with van der Waals surface area (Å²) in [5, 5.41) is 16.0. The number of amides is 1. The number of methoxy groups -OCH3 is 1. The van der Waals surface area contributed by atoms with E-state index in [0.29, 0.717) is 17.8 Å². The summed E-state index contributed by atoms with van der Waals surface area (Å²) < 4.78 is 5.49. The number of nitrogens with one attached hydrogen (secondary N) is 1. The molecular formula is C35H42N6O2S. The van der Waals surface area contributed by atoms with E-state index in [0.717, 1.165) is 80.7 Å². The molecule has 0 saturated heterocycles. The van der Waals surface area contributed by atoms with E-state index >= 15 is 0 Å². The van der Waals surface area contributed by atoms with Gasteiger partial charge in [0.1, 0.15) is 5.75 Å². The number of aromatic amines is 1. The zero-order valence-corrected chi connectivity index (χ0v) is 26.6. The first-order chi connectivity index (χ1) is 21.6. The standard InChI is InChI=1S/C35H42N6O2S/c1-22-18-28(16-17-31(22)43-2)24-8-6-23(7-9-24)21-41(35(42)27-14-10-25(11-15-27)33-37-39-40-38-33)30-5-3-4-29(19-30)32-20-36-34(44-32)26-12-13-26/h3-5,16-20,23-27H,6-15,21H2,1-2H3,(H,37,38,39,40)/t23-,24-,25-,27-. The Hall–Kier alpha value is -3.59. The van der Waals surface area contributed by atoms with Crippen LogP contribution in [-0.2, 0) is 4.79 Å². The van der Waals surface area contributed by atoms with Crippen molar-refractivity contribution in [2.45, 2.75) is 88.9 Å². The van der Waals surface area contributed by atoms with E-state index in [1.807, 2.05) is 17.5 Å². The van der Waals surface area contributed by atoms with Crippen LogP contribution < -0.4 is 9.64 Å². The quantitative estimate of drug-likeness (QED) is 0.208. The van der Waals surface area contributed by atoms with Crippen molar-refractivity contribution in [2.75, 3.05) is 18.6 Å². The van der Waals surface area contributed by atoms with Crippen molar-refractivity contribution in [3.63, 3.8) is 0 Å². The lowest BCUT2D eigenvalue weighted by Gasteiger charge is -2.36. The van der Waals surface area contributed by atoms with E-state index in [1.54, 1.807) is 7.11 Å². The second-order valence-electron chi connectivity index (χ2n) is 13.1. The molecule has 0 spiro atoms. The molecule has 3 fully saturated rings. The summed E-state index contributed by atoms with van der Waals surface area (Å²) in [5.41, 5.74) is 4.78. The van der Waals surface area contributed by atoms with Gasteiger partial charge in [0.15, 0.2) is 5.82 Å². The van der Waals surface area contributed by atoms with E-state index in [2.05, 4.69) is 74.9 Å². The van der Waals surface area contributed by atoms with E-state index < -0.39 is 0 Å². The normalized spacial score (nSPS) is 23.8. The Bertz CT molecular complexity index is 1570. The number of hydrogen-bond donors (Lipinski definition) is 1. The third-order valence-electron chi connectivity index (χ3n) is 10.1. The lowest BCUT2D eigenvalue weighted by Crippen LogP contribution is -2.41. The summed E-state index contributed by atoms with van der Waals surface area (Å²) >= 11 is 1.81. The van der Waals surface area contributed by atoms with Crippen LogP contribution in [0, 0.1) is 18.8 Å². The molecule has 9 heteroatoms. The van der Waals surface area contributed by atoms with Gasteiger partial charge < -0.3 is 9.64 Å². The Morgan fingerprint density at radius 1 is 0.955 bits per heavy atom. The Balaban J connectivity index is 1.08. The molecule has 0 unspecified atom stereocenters. The Morgan fingerprint density at radius 3 is 2.43 bits per heavy atom. The number of carbonyl (C=O) groups is 1. The highest BCUT2D eigenvalue weighted by Gasteiger charge is 2.34. The fraction of sp³-hybridized carbons (Fsp3) is 0.514. The SMILES string of the molecule is COc1ccc([C@H]2CC[C@H](CN(c3cccc(-c4cnc(C5CC5)s4)c3)C(=O)[C@H]3CC[C@H](c4nn[nH]n4)CC3)CC2)cc1C. The summed E-state index contributed by atoms with van der Waals surface area (Å²) in [6, 6.07) is 15.3. The van der Waals surface area contributed by atoms with E-state index in [4.69, 9.17) is 9.72 Å². The average Bonchev–Trinajstić information content (AvgIpc) is 3.53. The molecular weight excluding hydrogens is 568 g/mol. The largest absolute Gasteiger partial charge is 0.496 e. The van der Waals surface area contributed by atoms with E-state index in [-0.39, 0.29) is 17.7 Å². The summed E-state index contributed by atoms with van der Waals surface area (Å²) in [6.07, 6.45) is 12.6. The molecule has 7 rings (SSSR count). The number of aryl methyl sites for hydroxylation is 1. The highest BCUT2D eigenvalue weighted by Crippen LogP contribution is 2.44. The number of aromatic nitrogens is 5. The number of H-pyrrole nitrogens is 1. The van der Waals surface area contributed by atoms with Gasteiger partial charge in [0.25, 0.3) is 0 Å². The lowest BCUT2D eigenvalue weighted by molar-refractivity contribution is -0.123. The Kier molecular flexibility index (Phi) is 8.47. The van der Waals surface area contributed by atoms with Crippen molar-refractivity contribution in [2.24, 2.45) is 11.8 Å². The molecule has 0 atom stereocenters. The first-order valence-corrected chi connectivity index (χ1v) is 17.1. The molecule has 2 aromatic carbocycles. The number of thiazole rings is 1. The highest BCUT2D eigenvalue weighted by atomic mass is 32.1. The molecule has 8 nitrogen and oxygen atoms in total. The van der Waals surface area contributed by atoms with Gasteiger partial charge in [-0.2, -0.15) is 5.21 Å². The Morgan fingerprint density at radius 2 is 1.73 bits per heavy atom. The van der Waals surface area contributed by atoms with Gasteiger partial charge in [0.05, 0.1) is 17.0 Å². The monoisotopic (exact) mass is 610 g/mol. The molecule has 1 N–H and O–H groups in total. The van der Waals surface area contributed by atoms with Gasteiger partial charge in [-0.3, -0.25) is 4.79 Å². The van der Waals surface area contributed by atoms with Crippen LogP contribution in [0.5, 0.6) is 5.75 Å². The van der Waals surface area contributed by atoms with Crippen LogP contribution in [-0.4, -0.2) is 45.2 Å². The van der Waals surface area contributed by atoms with Crippen molar-refractivity contribution in [3.05, 3.63) is 70.6 Å². The fourth-order valence-electron chi connectivity index (χ4n) is 7.34. The van der Waals surface area contributed by atoms with Crippen molar-refractivity contribution < 1.29 is 9.53 Å². The smallest absolute Gasteiger partial charge is 0.230 e. The molecule has 0 radical (unpaired) electrons. The van der Waals surface area contributed by atoms with Gasteiger partial charge in [-0.25, -0.2) is 4.98 Å². The molecule has 230 valence electrons. The number of tetrazole rings is 1. The molecule has 4 aromatic rings. The van der Waals surface area contributed by atoms with Gasteiger partial charge >= 0.3 is 0 Å². The van der Waals surface area contributed by atoms with Crippen LogP contribution in [0.4, 0.5) is 5.69 Å². The van der Waals surface area contributed by atoms with Crippen LogP contribution in [0.2, 0.25) is 0 Å². The third kappa shape index (κ3) is 6.29. The zero-order chi connectivity index (χ0) is 30.0. The summed E-state index contributed by atoms with van der Waals surface area (Å²) in [5.74, 6) is 3.99. The average molecular weight is 611 g/mol. The molecule has 3 aliphatic rings. The van der Waals surface area contributed by atoms with Crippen LogP contribution in [0.25, 0.3) is 10.4 Å². The first kappa shape index (κ1) is 29.1. The molecule has 0 aliphatic heterocycles. The minimum absolute atomic E-state index is 0.0188. The van der Waals surface area contributed by atoms with E-state index in [1.165, 1.54) is 33.9 Å². The van der Waals surface area contributed by atoms with Crippen LogP contribution in [0.3, 0.4) is 0 Å². The van der Waals surface area contributed by atoms with Crippen LogP contribution >= 0.6 is 11.3 Å². The maximum atomic E-state index is 14.4. The number of carbonyl (C=O) groups excluding carboxylic acids is 1. The molecule has 44 heavy (non-hydrogen) atoms. The molecule has 3 saturated carbocycles. The number of ether oxygens (including phenoxy) is 1. The summed E-state index contributed by atoms with van der Waals surface area (Å²) in [4.78, 5) is 22.4. The van der Waals surface area contributed by atoms with Gasteiger partial charge in [-0.05, 0) is 118 Å². The van der Waals surface area contributed by atoms with Gasteiger partial charge in [0.2, 0.25) is 5.91 Å². The van der Waals surface area contributed by atoms with Crippen molar-refractivity contribution in [3.8, 4) is 16.2 Å². The number of rotatable bonds is 9. The molecule has 0 bridgehead atoms. The number of nitrogens with zero attached hydrogens (tertiary/aromatic N) is 5. The van der Waals surface area contributed by atoms with Crippen LogP contribution in [0.15, 0.2) is 48.7 Å². The molecule has 1 amide bonds. The third-order valence-corrected chi connectivity index (χ3v) is 11.3. The minimum atomic E-state index is 0.0188. The molecule has 3 aliphatic carbocycles. The van der Waals surface area contributed by atoms with Crippen LogP contribution in [0.1, 0.15) is 104 Å². The predicted molar refractivity (Wildman–Crippen MR) is 173 cm³/mol. The summed E-state index contributed by atoms with van der Waals surface area (Å²) in [6.45, 7) is 2.90. The molecule has 2 heterocycles. The maximum Gasteiger partial charge on any atom is 0.230 e. The second-order valence-corrected chi connectivity index (χ2v) is 14.2. The van der Waals surface area contributed by atoms with Crippen molar-refractivity contribution in [1.29, 1.82) is 0 Å². The zero-order valence-electron chi connectivity index (χ0n) is 25.7. The Labute approximate surface area is 263 Å². The summed E-state index contributed by atoms with van der Waals surface area (Å²) in [7, 11) is 1.73. The first-order valence-electron chi connectivity index (χ1n) is 16.3. The highest BCUT2D eigenvalue weighted by molar-refractivity contribution is 7.15. The van der Waals surface area contributed by atoms with Gasteiger partial charge in [0, 0.05) is 36.2 Å². The minimum Gasteiger partial charge on any atom is -0.496 e. The maximum absolute atomic E-state index is 14.4. The van der Waals surface area contributed by atoms with Gasteiger partial charge in [-0.15, -0.1) is 21.5 Å². The lowest BCUT2D eigenvalue weighted by atomic mass is 9.77. The number of hydrogen-bond acceptors (Lipinski definition) is 7. The van der Waals surface area contributed by atoms with Crippen molar-refractivity contribution >= 4 is 22.9 Å². The topological polar surface area (TPSA) is 96.9 Å². The number of anilines is 1. The molecule has 2 aromatic heterocycles. The van der Waals surface area contributed by atoms with E-state index in [9.17, 15) is 4.79 Å². The predicted octanol–water partition coefficient (Wildman–Crippen LogP) is 7.80. The second kappa shape index (κ2) is 12.8. The van der Waals surface area contributed by atoms with Gasteiger partial charge in [-0.1, -0.05) is 29.5 Å².